The first-order chi connectivity index (χ1) is 7.68. The Morgan fingerprint density at radius 1 is 1.50 bits per heavy atom. The van der Waals surface area contributed by atoms with E-state index in [0.717, 1.165) is 5.56 Å². The van der Waals surface area contributed by atoms with E-state index in [2.05, 4.69) is 25.9 Å². The molecule has 1 aromatic carbocycles. The van der Waals surface area contributed by atoms with Gasteiger partial charge in [0.05, 0.1) is 10.5 Å². The van der Waals surface area contributed by atoms with Crippen LogP contribution in [0, 0.1) is 5.82 Å². The van der Waals surface area contributed by atoms with E-state index in [1.54, 1.807) is 18.5 Å². The molecule has 1 atom stereocenters. The number of benzene rings is 1. The molecule has 5 heteroatoms. The Hall–Kier alpha value is -1.20. The standard InChI is InChI=1S/C11H11BrFN3/c12-10-7(2-1-3-8(10)13)6-9(14)11-15-4-5-16-11/h1-5,9H,6,14H2,(H,15,16). The van der Waals surface area contributed by atoms with Gasteiger partial charge in [-0.05, 0) is 34.0 Å². The first kappa shape index (κ1) is 11.3. The zero-order valence-electron chi connectivity index (χ0n) is 8.45. The number of nitrogens with zero attached hydrogens (tertiary/aromatic N) is 1. The third-order valence-corrected chi connectivity index (χ3v) is 3.23. The molecule has 0 amide bonds. The van der Waals surface area contributed by atoms with E-state index in [0.29, 0.717) is 16.7 Å². The summed E-state index contributed by atoms with van der Waals surface area (Å²) in [6.45, 7) is 0. The molecule has 16 heavy (non-hydrogen) atoms. The SMILES string of the molecule is NC(Cc1cccc(F)c1Br)c1ncc[nH]1. The van der Waals surface area contributed by atoms with E-state index in [1.165, 1.54) is 6.07 Å². The topological polar surface area (TPSA) is 54.7 Å². The molecule has 1 heterocycles. The van der Waals surface area contributed by atoms with Gasteiger partial charge in [-0.15, -0.1) is 0 Å². The molecule has 0 spiro atoms. The molecule has 0 radical (unpaired) electrons. The highest BCUT2D eigenvalue weighted by atomic mass is 79.9. The van der Waals surface area contributed by atoms with Gasteiger partial charge in [-0.3, -0.25) is 0 Å². The van der Waals surface area contributed by atoms with Gasteiger partial charge in [0.15, 0.2) is 0 Å². The zero-order valence-corrected chi connectivity index (χ0v) is 10.0. The summed E-state index contributed by atoms with van der Waals surface area (Å²) in [5.41, 5.74) is 6.79. The number of nitrogens with one attached hydrogen (secondary N) is 1. The lowest BCUT2D eigenvalue weighted by atomic mass is 10.1. The van der Waals surface area contributed by atoms with Crippen LogP contribution in [0.25, 0.3) is 0 Å². The Morgan fingerprint density at radius 2 is 2.31 bits per heavy atom. The van der Waals surface area contributed by atoms with Crippen LogP contribution in [-0.2, 0) is 6.42 Å². The highest BCUT2D eigenvalue weighted by Gasteiger charge is 2.12. The second-order valence-corrected chi connectivity index (χ2v) is 4.29. The van der Waals surface area contributed by atoms with E-state index in [9.17, 15) is 4.39 Å². The number of nitrogens with two attached hydrogens (primary N) is 1. The summed E-state index contributed by atoms with van der Waals surface area (Å²) in [6.07, 6.45) is 3.90. The maximum absolute atomic E-state index is 13.3. The number of rotatable bonds is 3. The number of halogens is 2. The van der Waals surface area contributed by atoms with Gasteiger partial charge in [0.1, 0.15) is 11.6 Å². The summed E-state index contributed by atoms with van der Waals surface area (Å²) >= 11 is 3.21. The van der Waals surface area contributed by atoms with Crippen molar-refractivity contribution in [1.29, 1.82) is 0 Å². The van der Waals surface area contributed by atoms with Gasteiger partial charge >= 0.3 is 0 Å². The van der Waals surface area contributed by atoms with Crippen molar-refractivity contribution in [3.8, 4) is 0 Å². The minimum absolute atomic E-state index is 0.256. The minimum atomic E-state index is -0.274. The van der Waals surface area contributed by atoms with Crippen LogP contribution in [0.4, 0.5) is 4.39 Å². The summed E-state index contributed by atoms with van der Waals surface area (Å²) in [6, 6.07) is 4.67. The molecule has 2 rings (SSSR count). The van der Waals surface area contributed by atoms with Crippen molar-refractivity contribution < 1.29 is 4.39 Å². The molecule has 3 N–H and O–H groups in total. The van der Waals surface area contributed by atoms with E-state index in [-0.39, 0.29) is 11.9 Å². The Kier molecular flexibility index (Phi) is 3.36. The van der Waals surface area contributed by atoms with Gasteiger partial charge in [0, 0.05) is 12.4 Å². The van der Waals surface area contributed by atoms with Gasteiger partial charge in [0.25, 0.3) is 0 Å². The van der Waals surface area contributed by atoms with E-state index in [1.807, 2.05) is 6.07 Å². The molecule has 1 aromatic heterocycles. The summed E-state index contributed by atoms with van der Waals surface area (Å²) < 4.78 is 13.7. The number of H-pyrrole nitrogens is 1. The van der Waals surface area contributed by atoms with Crippen molar-refractivity contribution in [1.82, 2.24) is 9.97 Å². The normalized spacial score (nSPS) is 12.7. The van der Waals surface area contributed by atoms with Crippen LogP contribution in [0.1, 0.15) is 17.4 Å². The number of imidazole rings is 1. The molecule has 0 bridgehead atoms. The molecule has 0 fully saturated rings. The molecule has 1 unspecified atom stereocenters. The molecule has 0 saturated heterocycles. The molecule has 0 aliphatic rings. The fourth-order valence-electron chi connectivity index (χ4n) is 1.52. The third-order valence-electron chi connectivity index (χ3n) is 2.34. The lowest BCUT2D eigenvalue weighted by Crippen LogP contribution is -2.15. The van der Waals surface area contributed by atoms with Crippen molar-refractivity contribution in [3.63, 3.8) is 0 Å². The number of hydrogen-bond donors (Lipinski definition) is 2. The van der Waals surface area contributed by atoms with Crippen LogP contribution < -0.4 is 5.73 Å². The van der Waals surface area contributed by atoms with Crippen LogP contribution >= 0.6 is 15.9 Å². The van der Waals surface area contributed by atoms with Crippen molar-refractivity contribution in [3.05, 3.63) is 52.3 Å². The first-order valence-corrected chi connectivity index (χ1v) is 5.65. The molecular formula is C11H11BrFN3. The van der Waals surface area contributed by atoms with Crippen LogP contribution in [0.3, 0.4) is 0 Å². The molecule has 3 nitrogen and oxygen atoms in total. The van der Waals surface area contributed by atoms with E-state index in [4.69, 9.17) is 5.73 Å². The van der Waals surface area contributed by atoms with Crippen LogP contribution in [0.2, 0.25) is 0 Å². The highest BCUT2D eigenvalue weighted by Crippen LogP contribution is 2.23. The predicted octanol–water partition coefficient (Wildman–Crippen LogP) is 2.55. The van der Waals surface area contributed by atoms with Crippen molar-refractivity contribution >= 4 is 15.9 Å². The number of aromatic amines is 1. The monoisotopic (exact) mass is 283 g/mol. The van der Waals surface area contributed by atoms with Crippen molar-refractivity contribution in [2.24, 2.45) is 5.73 Å². The molecule has 84 valence electrons. The fraction of sp³-hybridized carbons (Fsp3) is 0.182. The average molecular weight is 284 g/mol. The van der Waals surface area contributed by atoms with Gasteiger partial charge in [-0.25, -0.2) is 9.37 Å². The molecule has 2 aromatic rings. The number of hydrogen-bond acceptors (Lipinski definition) is 2. The van der Waals surface area contributed by atoms with E-state index >= 15 is 0 Å². The minimum Gasteiger partial charge on any atom is -0.347 e. The van der Waals surface area contributed by atoms with Crippen LogP contribution in [0.15, 0.2) is 35.1 Å². The van der Waals surface area contributed by atoms with Gasteiger partial charge in [-0.1, -0.05) is 12.1 Å². The lowest BCUT2D eigenvalue weighted by Gasteiger charge is -2.10. The second kappa shape index (κ2) is 4.76. The summed E-state index contributed by atoms with van der Waals surface area (Å²) in [5, 5.41) is 0. The predicted molar refractivity (Wildman–Crippen MR) is 63.3 cm³/mol. The second-order valence-electron chi connectivity index (χ2n) is 3.50. The van der Waals surface area contributed by atoms with Gasteiger partial charge in [0.2, 0.25) is 0 Å². The Bertz CT molecular complexity index is 470. The summed E-state index contributed by atoms with van der Waals surface area (Å²) in [4.78, 5) is 7.02. The Morgan fingerprint density at radius 3 is 3.00 bits per heavy atom. The third kappa shape index (κ3) is 2.31. The first-order valence-electron chi connectivity index (χ1n) is 4.86. The molecular weight excluding hydrogens is 273 g/mol. The summed E-state index contributed by atoms with van der Waals surface area (Å²) in [7, 11) is 0. The van der Waals surface area contributed by atoms with Gasteiger partial charge in [-0.2, -0.15) is 0 Å². The lowest BCUT2D eigenvalue weighted by molar-refractivity contribution is 0.611. The smallest absolute Gasteiger partial charge is 0.137 e. The van der Waals surface area contributed by atoms with Crippen molar-refractivity contribution in [2.45, 2.75) is 12.5 Å². The fourth-order valence-corrected chi connectivity index (χ4v) is 1.95. The largest absolute Gasteiger partial charge is 0.347 e. The maximum atomic E-state index is 13.3. The van der Waals surface area contributed by atoms with E-state index < -0.39 is 0 Å². The molecule has 0 saturated carbocycles. The van der Waals surface area contributed by atoms with Crippen LogP contribution in [0.5, 0.6) is 0 Å². The average Bonchev–Trinajstić information content (AvgIpc) is 2.78. The quantitative estimate of drug-likeness (QED) is 0.910. The zero-order chi connectivity index (χ0) is 11.5. The van der Waals surface area contributed by atoms with Gasteiger partial charge < -0.3 is 10.7 Å². The summed E-state index contributed by atoms with van der Waals surface area (Å²) in [5.74, 6) is 0.431. The number of aromatic nitrogens is 2. The Balaban J connectivity index is 2.18. The highest BCUT2D eigenvalue weighted by molar-refractivity contribution is 9.10. The molecule has 0 aliphatic carbocycles. The van der Waals surface area contributed by atoms with Crippen LogP contribution in [-0.4, -0.2) is 9.97 Å². The Labute approximate surface area is 101 Å². The molecule has 0 aliphatic heterocycles. The van der Waals surface area contributed by atoms with Crippen molar-refractivity contribution in [2.75, 3.05) is 0 Å². The maximum Gasteiger partial charge on any atom is 0.137 e.